The van der Waals surface area contributed by atoms with Crippen LogP contribution in [0.5, 0.6) is 5.88 Å². The van der Waals surface area contributed by atoms with Crippen molar-refractivity contribution in [3.05, 3.63) is 23.9 Å². The summed E-state index contributed by atoms with van der Waals surface area (Å²) in [7, 11) is 3.34. The minimum Gasteiger partial charge on any atom is -0.481 e. The maximum atomic E-state index is 11.7. The van der Waals surface area contributed by atoms with E-state index in [1.807, 2.05) is 25.1 Å². The van der Waals surface area contributed by atoms with E-state index in [0.717, 1.165) is 24.5 Å². The van der Waals surface area contributed by atoms with Crippen molar-refractivity contribution in [2.75, 3.05) is 33.9 Å². The number of methoxy groups -OCH3 is 1. The molecule has 26 heavy (non-hydrogen) atoms. The third-order valence-corrected chi connectivity index (χ3v) is 4.01. The number of rotatable bonds is 5. The number of pyridine rings is 1. The number of hydrogen-bond donors (Lipinski definition) is 2. The van der Waals surface area contributed by atoms with Gasteiger partial charge in [-0.2, -0.15) is 0 Å². The van der Waals surface area contributed by atoms with Gasteiger partial charge in [0.25, 0.3) is 0 Å². The number of aliphatic imine (C=N–C) groups is 1. The van der Waals surface area contributed by atoms with E-state index in [4.69, 9.17) is 9.47 Å². The van der Waals surface area contributed by atoms with Crippen molar-refractivity contribution >= 4 is 36.0 Å². The van der Waals surface area contributed by atoms with Gasteiger partial charge in [0.2, 0.25) is 5.88 Å². The van der Waals surface area contributed by atoms with E-state index in [1.165, 1.54) is 0 Å². The molecule has 2 rings (SSSR count). The number of ether oxygens (including phenoxy) is 2. The molecule has 0 radical (unpaired) electrons. The summed E-state index contributed by atoms with van der Waals surface area (Å²) in [5.41, 5.74) is 0.874. The topological polar surface area (TPSA) is 88.1 Å². The Kier molecular flexibility index (Phi) is 10.1. The van der Waals surface area contributed by atoms with Gasteiger partial charge in [-0.1, -0.05) is 6.07 Å². The molecule has 2 heterocycles. The average molecular weight is 477 g/mol. The first-order chi connectivity index (χ1) is 12.2. The highest BCUT2D eigenvalue weighted by molar-refractivity contribution is 14.0. The lowest BCUT2D eigenvalue weighted by Crippen LogP contribution is -2.49. The minimum absolute atomic E-state index is 0. The summed E-state index contributed by atoms with van der Waals surface area (Å²) in [5.74, 6) is 1.31. The van der Waals surface area contributed by atoms with Gasteiger partial charge in [-0.15, -0.1) is 24.0 Å². The van der Waals surface area contributed by atoms with Crippen molar-refractivity contribution in [3.63, 3.8) is 0 Å². The molecule has 0 spiro atoms. The van der Waals surface area contributed by atoms with E-state index in [9.17, 15) is 4.79 Å². The predicted octanol–water partition coefficient (Wildman–Crippen LogP) is 1.99. The van der Waals surface area contributed by atoms with E-state index >= 15 is 0 Å². The first-order valence-corrected chi connectivity index (χ1v) is 8.55. The summed E-state index contributed by atoms with van der Waals surface area (Å²) < 4.78 is 10.2. The van der Waals surface area contributed by atoms with Crippen LogP contribution in [0, 0.1) is 0 Å². The molecule has 0 bridgehead atoms. The SMILES string of the molecule is CCOC(=O)N1CCC(NC(=NC)NCc2cccc(OC)n2)CC1.I. The van der Waals surface area contributed by atoms with E-state index in [0.29, 0.717) is 32.1 Å². The van der Waals surface area contributed by atoms with Gasteiger partial charge in [0.05, 0.1) is 26.0 Å². The zero-order valence-corrected chi connectivity index (χ0v) is 17.9. The Morgan fingerprint density at radius 1 is 1.38 bits per heavy atom. The highest BCUT2D eigenvalue weighted by Gasteiger charge is 2.23. The summed E-state index contributed by atoms with van der Waals surface area (Å²) in [6.45, 7) is 4.15. The Bertz CT molecular complexity index is 592. The monoisotopic (exact) mass is 477 g/mol. The van der Waals surface area contributed by atoms with Gasteiger partial charge in [-0.3, -0.25) is 4.99 Å². The third-order valence-electron chi connectivity index (χ3n) is 4.01. The number of halogens is 1. The van der Waals surface area contributed by atoms with E-state index < -0.39 is 0 Å². The van der Waals surface area contributed by atoms with Crippen LogP contribution in [0.1, 0.15) is 25.5 Å². The van der Waals surface area contributed by atoms with E-state index in [2.05, 4.69) is 20.6 Å². The average Bonchev–Trinajstić information content (AvgIpc) is 2.66. The van der Waals surface area contributed by atoms with Gasteiger partial charge in [0.1, 0.15) is 0 Å². The number of nitrogens with one attached hydrogen (secondary N) is 2. The fourth-order valence-corrected chi connectivity index (χ4v) is 2.65. The molecule has 1 aliphatic heterocycles. The fraction of sp³-hybridized carbons (Fsp3) is 0.588. The van der Waals surface area contributed by atoms with Crippen LogP contribution < -0.4 is 15.4 Å². The van der Waals surface area contributed by atoms with Crippen LogP contribution in [0.15, 0.2) is 23.2 Å². The molecule has 1 fully saturated rings. The normalized spacial score (nSPS) is 15.0. The molecule has 8 nitrogen and oxygen atoms in total. The number of guanidine groups is 1. The smallest absolute Gasteiger partial charge is 0.409 e. The lowest BCUT2D eigenvalue weighted by Gasteiger charge is -2.32. The molecule has 1 saturated heterocycles. The molecule has 1 aromatic heterocycles. The van der Waals surface area contributed by atoms with Crippen molar-refractivity contribution < 1.29 is 14.3 Å². The molecule has 1 aliphatic rings. The van der Waals surface area contributed by atoms with Crippen molar-refractivity contribution in [2.24, 2.45) is 4.99 Å². The standard InChI is InChI=1S/C17H27N5O3.HI/c1-4-25-17(23)22-10-8-13(9-11-22)21-16(18-2)19-12-14-6-5-7-15(20-14)24-3;/h5-7,13H,4,8-12H2,1-3H3,(H2,18,19,21);1H. The number of nitrogens with zero attached hydrogens (tertiary/aromatic N) is 3. The van der Waals surface area contributed by atoms with Crippen LogP contribution in [-0.4, -0.2) is 61.8 Å². The number of carbonyl (C=O) groups excluding carboxylic acids is 1. The number of aromatic nitrogens is 1. The molecule has 0 saturated carbocycles. The van der Waals surface area contributed by atoms with Crippen molar-refractivity contribution in [1.82, 2.24) is 20.5 Å². The van der Waals surface area contributed by atoms with Crippen LogP contribution in [0.3, 0.4) is 0 Å². The molecule has 9 heteroatoms. The maximum absolute atomic E-state index is 11.7. The van der Waals surface area contributed by atoms with Crippen LogP contribution >= 0.6 is 24.0 Å². The molecule has 146 valence electrons. The Labute approximate surface area is 171 Å². The Morgan fingerprint density at radius 2 is 2.12 bits per heavy atom. The van der Waals surface area contributed by atoms with E-state index in [-0.39, 0.29) is 36.1 Å². The molecule has 0 aliphatic carbocycles. The summed E-state index contributed by atoms with van der Waals surface area (Å²) >= 11 is 0. The highest BCUT2D eigenvalue weighted by atomic mass is 127. The van der Waals surface area contributed by atoms with Gasteiger partial charge in [-0.05, 0) is 25.8 Å². The Balaban J connectivity index is 0.00000338. The van der Waals surface area contributed by atoms with Gasteiger partial charge in [0, 0.05) is 32.2 Å². The second-order valence-electron chi connectivity index (χ2n) is 5.70. The number of piperidine rings is 1. The molecular formula is C17H28IN5O3. The number of likely N-dealkylation sites (tertiary alicyclic amines) is 1. The molecular weight excluding hydrogens is 449 g/mol. The molecule has 1 aromatic rings. The lowest BCUT2D eigenvalue weighted by molar-refractivity contribution is 0.0963. The number of amides is 1. The van der Waals surface area contributed by atoms with Crippen LogP contribution in [0.25, 0.3) is 0 Å². The Hall–Kier alpha value is -1.78. The van der Waals surface area contributed by atoms with E-state index in [1.54, 1.807) is 19.1 Å². The van der Waals surface area contributed by atoms with Gasteiger partial charge >= 0.3 is 6.09 Å². The summed E-state index contributed by atoms with van der Waals surface area (Å²) in [4.78, 5) is 22.1. The summed E-state index contributed by atoms with van der Waals surface area (Å²) in [5, 5.41) is 6.65. The van der Waals surface area contributed by atoms with Crippen LogP contribution in [0.2, 0.25) is 0 Å². The van der Waals surface area contributed by atoms with Crippen molar-refractivity contribution in [1.29, 1.82) is 0 Å². The molecule has 0 aromatic carbocycles. The Morgan fingerprint density at radius 3 is 2.73 bits per heavy atom. The van der Waals surface area contributed by atoms with Crippen molar-refractivity contribution in [2.45, 2.75) is 32.4 Å². The zero-order chi connectivity index (χ0) is 18.1. The van der Waals surface area contributed by atoms with Gasteiger partial charge in [0.15, 0.2) is 5.96 Å². The summed E-state index contributed by atoms with van der Waals surface area (Å²) in [6, 6.07) is 5.92. The number of carbonyl (C=O) groups is 1. The zero-order valence-electron chi connectivity index (χ0n) is 15.5. The molecule has 0 unspecified atom stereocenters. The predicted molar refractivity (Wildman–Crippen MR) is 111 cm³/mol. The van der Waals surface area contributed by atoms with Crippen LogP contribution in [-0.2, 0) is 11.3 Å². The highest BCUT2D eigenvalue weighted by Crippen LogP contribution is 2.11. The second-order valence-corrected chi connectivity index (χ2v) is 5.70. The molecule has 0 atom stereocenters. The molecule has 2 N–H and O–H groups in total. The largest absolute Gasteiger partial charge is 0.481 e. The van der Waals surface area contributed by atoms with Crippen molar-refractivity contribution in [3.8, 4) is 5.88 Å². The first-order valence-electron chi connectivity index (χ1n) is 8.55. The maximum Gasteiger partial charge on any atom is 0.409 e. The van der Waals surface area contributed by atoms with Gasteiger partial charge in [-0.25, -0.2) is 9.78 Å². The third kappa shape index (κ3) is 6.85. The first kappa shape index (κ1) is 22.3. The number of hydrogen-bond acceptors (Lipinski definition) is 5. The fourth-order valence-electron chi connectivity index (χ4n) is 2.65. The summed E-state index contributed by atoms with van der Waals surface area (Å²) in [6.07, 6.45) is 1.49. The minimum atomic E-state index is -0.229. The quantitative estimate of drug-likeness (QED) is 0.383. The molecule has 1 amide bonds. The van der Waals surface area contributed by atoms with Gasteiger partial charge < -0.3 is 25.0 Å². The lowest BCUT2D eigenvalue weighted by atomic mass is 10.1. The second kappa shape index (κ2) is 11.8. The van der Waals surface area contributed by atoms with Crippen LogP contribution in [0.4, 0.5) is 4.79 Å².